The molecule has 0 spiro atoms. The summed E-state index contributed by atoms with van der Waals surface area (Å²) in [5, 5.41) is 2.90. The average molecular weight is 398 g/mol. The molecule has 30 heavy (non-hydrogen) atoms. The number of ether oxygens (including phenoxy) is 1. The maximum atomic E-state index is 12.7. The zero-order valence-electron chi connectivity index (χ0n) is 17.2. The molecule has 0 atom stereocenters. The predicted molar refractivity (Wildman–Crippen MR) is 118 cm³/mol. The molecule has 0 bridgehead atoms. The third kappa shape index (κ3) is 3.14. The van der Waals surface area contributed by atoms with Crippen LogP contribution in [0.1, 0.15) is 36.5 Å². The molecule has 150 valence electrons. The fraction of sp³-hybridized carbons (Fsp3) is 0.192. The predicted octanol–water partition coefficient (Wildman–Crippen LogP) is 6.91. The quantitative estimate of drug-likeness (QED) is 0.244. The van der Waals surface area contributed by atoms with Crippen molar-refractivity contribution in [1.82, 2.24) is 0 Å². The van der Waals surface area contributed by atoms with Gasteiger partial charge in [0.1, 0.15) is 22.5 Å². The van der Waals surface area contributed by atoms with Crippen molar-refractivity contribution in [2.24, 2.45) is 0 Å². The molecule has 0 saturated heterocycles. The highest BCUT2D eigenvalue weighted by molar-refractivity contribution is 6.05. The zero-order chi connectivity index (χ0) is 20.8. The lowest BCUT2D eigenvalue weighted by Gasteiger charge is -2.10. The van der Waals surface area contributed by atoms with Crippen LogP contribution in [0.5, 0.6) is 5.75 Å². The average Bonchev–Trinajstić information content (AvgIpc) is 3.27. The zero-order valence-corrected chi connectivity index (χ0v) is 17.2. The largest absolute Gasteiger partial charge is 0.464 e. The monoisotopic (exact) mass is 398 g/mol. The van der Waals surface area contributed by atoms with E-state index in [1.165, 1.54) is 11.1 Å². The molecule has 0 aliphatic carbocycles. The minimum atomic E-state index is -0.323. The standard InChI is InChI=1S/C26H22O4/c1-15(2)20-13-21-17(14-28-25(21)10-16(20)3)11-26(27)29-18-8-9-24-22(12-18)19-6-4-5-7-23(19)30-24/h4-10,12-15H,11H2,1-3H3. The molecule has 5 aromatic rings. The number of esters is 1. The van der Waals surface area contributed by atoms with Gasteiger partial charge in [-0.25, -0.2) is 0 Å². The van der Waals surface area contributed by atoms with Gasteiger partial charge in [0.25, 0.3) is 0 Å². The highest BCUT2D eigenvalue weighted by Crippen LogP contribution is 2.32. The van der Waals surface area contributed by atoms with Gasteiger partial charge in [0.05, 0.1) is 12.7 Å². The van der Waals surface area contributed by atoms with E-state index in [1.807, 2.05) is 42.5 Å². The first-order valence-corrected chi connectivity index (χ1v) is 10.1. The Labute approximate surface area is 174 Å². The highest BCUT2D eigenvalue weighted by Gasteiger charge is 2.16. The van der Waals surface area contributed by atoms with Crippen molar-refractivity contribution in [2.45, 2.75) is 33.1 Å². The Hall–Kier alpha value is -3.53. The van der Waals surface area contributed by atoms with Gasteiger partial charge in [-0.05, 0) is 60.4 Å². The minimum absolute atomic E-state index is 0.151. The summed E-state index contributed by atoms with van der Waals surface area (Å²) < 4.78 is 17.2. The van der Waals surface area contributed by atoms with Gasteiger partial charge >= 0.3 is 5.97 Å². The molecule has 0 N–H and O–H groups in total. The van der Waals surface area contributed by atoms with E-state index >= 15 is 0 Å². The van der Waals surface area contributed by atoms with E-state index in [0.717, 1.165) is 38.5 Å². The van der Waals surface area contributed by atoms with E-state index in [0.29, 0.717) is 11.7 Å². The Balaban J connectivity index is 1.42. The summed E-state index contributed by atoms with van der Waals surface area (Å²) >= 11 is 0. The third-order valence-electron chi connectivity index (χ3n) is 5.58. The fourth-order valence-corrected chi connectivity index (χ4v) is 4.10. The molecule has 0 fully saturated rings. The summed E-state index contributed by atoms with van der Waals surface area (Å²) in [4.78, 5) is 12.7. The van der Waals surface area contributed by atoms with Crippen LogP contribution in [0, 0.1) is 6.92 Å². The van der Waals surface area contributed by atoms with Gasteiger partial charge < -0.3 is 13.6 Å². The molecule has 5 rings (SSSR count). The second-order valence-corrected chi connectivity index (χ2v) is 8.03. The van der Waals surface area contributed by atoms with Crippen LogP contribution >= 0.6 is 0 Å². The number of rotatable bonds is 4. The number of hydrogen-bond acceptors (Lipinski definition) is 4. The number of carbonyl (C=O) groups excluding carboxylic acids is 1. The van der Waals surface area contributed by atoms with Crippen LogP contribution in [-0.2, 0) is 11.2 Å². The van der Waals surface area contributed by atoms with Crippen LogP contribution < -0.4 is 4.74 Å². The highest BCUT2D eigenvalue weighted by atomic mass is 16.5. The van der Waals surface area contributed by atoms with Crippen LogP contribution in [0.3, 0.4) is 0 Å². The second kappa shape index (κ2) is 7.06. The second-order valence-electron chi connectivity index (χ2n) is 8.03. The van der Waals surface area contributed by atoms with Gasteiger partial charge in [-0.15, -0.1) is 0 Å². The number of carbonyl (C=O) groups is 1. The van der Waals surface area contributed by atoms with Crippen LogP contribution in [0.15, 0.2) is 69.7 Å². The normalized spacial score (nSPS) is 11.7. The summed E-state index contributed by atoms with van der Waals surface area (Å²) in [6.07, 6.45) is 1.81. The SMILES string of the molecule is Cc1cc2occ(CC(=O)Oc3ccc4oc5ccccc5c4c3)c2cc1C(C)C. The summed E-state index contributed by atoms with van der Waals surface area (Å²) in [7, 11) is 0. The molecule has 0 unspecified atom stereocenters. The number of hydrogen-bond donors (Lipinski definition) is 0. The molecule has 0 saturated carbocycles. The van der Waals surface area contributed by atoms with E-state index in [2.05, 4.69) is 26.8 Å². The van der Waals surface area contributed by atoms with Gasteiger partial charge in [-0.1, -0.05) is 32.0 Å². The molecule has 0 aliphatic rings. The molecule has 3 aromatic carbocycles. The molecular formula is C26H22O4. The van der Waals surface area contributed by atoms with Crippen molar-refractivity contribution < 1.29 is 18.4 Å². The molecule has 0 radical (unpaired) electrons. The lowest BCUT2D eigenvalue weighted by atomic mass is 9.95. The van der Waals surface area contributed by atoms with E-state index < -0.39 is 0 Å². The molecule has 2 heterocycles. The number of aryl methyl sites for hydroxylation is 1. The van der Waals surface area contributed by atoms with Crippen LogP contribution in [0.4, 0.5) is 0 Å². The van der Waals surface area contributed by atoms with Crippen molar-refractivity contribution in [3.05, 3.63) is 77.6 Å². The summed E-state index contributed by atoms with van der Waals surface area (Å²) in [5.74, 6) is 0.586. The summed E-state index contributed by atoms with van der Waals surface area (Å²) in [5.41, 5.74) is 5.68. The van der Waals surface area contributed by atoms with E-state index in [-0.39, 0.29) is 12.4 Å². The Kier molecular flexibility index (Phi) is 4.35. The Bertz CT molecular complexity index is 1400. The van der Waals surface area contributed by atoms with Crippen molar-refractivity contribution in [1.29, 1.82) is 0 Å². The van der Waals surface area contributed by atoms with Crippen molar-refractivity contribution in [2.75, 3.05) is 0 Å². The van der Waals surface area contributed by atoms with Gasteiger partial charge in [0.2, 0.25) is 0 Å². The first kappa shape index (κ1) is 18.5. The van der Waals surface area contributed by atoms with Gasteiger partial charge in [0.15, 0.2) is 0 Å². The van der Waals surface area contributed by atoms with Gasteiger partial charge in [-0.3, -0.25) is 4.79 Å². The lowest BCUT2D eigenvalue weighted by molar-refractivity contribution is -0.133. The fourth-order valence-electron chi connectivity index (χ4n) is 4.10. The number of furan rings is 2. The van der Waals surface area contributed by atoms with Crippen molar-refractivity contribution in [3.63, 3.8) is 0 Å². The Morgan fingerprint density at radius 2 is 1.73 bits per heavy atom. The number of fused-ring (bicyclic) bond motifs is 4. The van der Waals surface area contributed by atoms with Crippen LogP contribution in [0.2, 0.25) is 0 Å². The third-order valence-corrected chi connectivity index (χ3v) is 5.58. The Morgan fingerprint density at radius 3 is 2.57 bits per heavy atom. The number of benzene rings is 3. The lowest BCUT2D eigenvalue weighted by Crippen LogP contribution is -2.11. The smallest absolute Gasteiger partial charge is 0.315 e. The number of para-hydroxylation sites is 1. The van der Waals surface area contributed by atoms with E-state index in [9.17, 15) is 4.79 Å². The molecule has 4 heteroatoms. The van der Waals surface area contributed by atoms with Crippen molar-refractivity contribution >= 4 is 38.9 Å². The van der Waals surface area contributed by atoms with Crippen LogP contribution in [-0.4, -0.2) is 5.97 Å². The summed E-state index contributed by atoms with van der Waals surface area (Å²) in [6.45, 7) is 6.41. The summed E-state index contributed by atoms with van der Waals surface area (Å²) in [6, 6.07) is 17.4. The molecular weight excluding hydrogens is 376 g/mol. The molecule has 2 aromatic heterocycles. The van der Waals surface area contributed by atoms with E-state index in [1.54, 1.807) is 12.3 Å². The molecule has 4 nitrogen and oxygen atoms in total. The molecule has 0 amide bonds. The van der Waals surface area contributed by atoms with Crippen LogP contribution in [0.25, 0.3) is 32.9 Å². The topological polar surface area (TPSA) is 52.6 Å². The first-order chi connectivity index (χ1) is 14.5. The minimum Gasteiger partial charge on any atom is -0.464 e. The van der Waals surface area contributed by atoms with Crippen molar-refractivity contribution in [3.8, 4) is 5.75 Å². The Morgan fingerprint density at radius 1 is 0.933 bits per heavy atom. The first-order valence-electron chi connectivity index (χ1n) is 10.1. The van der Waals surface area contributed by atoms with Gasteiger partial charge in [-0.2, -0.15) is 0 Å². The maximum Gasteiger partial charge on any atom is 0.315 e. The molecule has 0 aliphatic heterocycles. The van der Waals surface area contributed by atoms with E-state index in [4.69, 9.17) is 13.6 Å². The maximum absolute atomic E-state index is 12.7. The van der Waals surface area contributed by atoms with Gasteiger partial charge in [0, 0.05) is 21.7 Å².